The fourth-order valence-electron chi connectivity index (χ4n) is 10.8. The first kappa shape index (κ1) is 32.6. The third kappa shape index (κ3) is 4.48. The van der Waals surface area contributed by atoms with Crippen LogP contribution in [0.25, 0.3) is 22.2 Å². The largest absolute Gasteiger partial charge is 0.497 e. The topological polar surface area (TPSA) is 104 Å². The maximum Gasteiger partial charge on any atom is 0.268 e. The molecule has 5 fully saturated rings. The van der Waals surface area contributed by atoms with Crippen molar-refractivity contribution in [3.05, 3.63) is 88.7 Å². The van der Waals surface area contributed by atoms with E-state index in [9.17, 15) is 22.7 Å². The van der Waals surface area contributed by atoms with Crippen molar-refractivity contribution in [1.82, 2.24) is 19.1 Å². The minimum atomic E-state index is -4.82. The Morgan fingerprint density at radius 2 is 1.83 bits per heavy atom. The maximum absolute atomic E-state index is 14.9. The number of piperazine rings is 1. The Morgan fingerprint density at radius 1 is 1.04 bits per heavy atom. The average molecular weight is 725 g/mol. The number of aromatic nitrogens is 1. The van der Waals surface area contributed by atoms with Crippen molar-refractivity contribution in [1.29, 1.82) is 0 Å². The summed E-state index contributed by atoms with van der Waals surface area (Å²) in [6.07, 6.45) is 8.53. The summed E-state index contributed by atoms with van der Waals surface area (Å²) in [5, 5.41) is 1.05. The van der Waals surface area contributed by atoms with Gasteiger partial charge in [0.25, 0.3) is 5.91 Å². The third-order valence-electron chi connectivity index (χ3n) is 13.6. The molecule has 2 N–H and O–H groups in total. The molecule has 0 bridgehead atoms. The second-order valence-corrected chi connectivity index (χ2v) is 20.2. The van der Waals surface area contributed by atoms with Crippen LogP contribution in [-0.4, -0.2) is 79.5 Å². The molecule has 6 aliphatic rings. The number of methoxy groups -OCH3 is 1. The molecule has 0 radical (unpaired) electrons. The van der Waals surface area contributed by atoms with Crippen molar-refractivity contribution < 1.29 is 27.5 Å². The number of benzene rings is 3. The average Bonchev–Trinajstić information content (AvgIpc) is 4.02. The van der Waals surface area contributed by atoms with Crippen molar-refractivity contribution in [3.8, 4) is 17.0 Å². The molecule has 4 heterocycles. The summed E-state index contributed by atoms with van der Waals surface area (Å²) < 4.78 is 50.0. The number of rotatable bonds is 7. The van der Waals surface area contributed by atoms with Crippen LogP contribution in [0.5, 0.6) is 5.75 Å². The van der Waals surface area contributed by atoms with Gasteiger partial charge in [0, 0.05) is 52.9 Å². The van der Waals surface area contributed by atoms with Crippen molar-refractivity contribution in [2.24, 2.45) is 5.41 Å². The minimum absolute atomic E-state index is 0.0516. The van der Waals surface area contributed by atoms with Crippen LogP contribution in [-0.2, 0) is 26.6 Å². The number of likely N-dealkylation sites (N-methyl/N-ethyl adjacent to an activating group) is 1. The summed E-state index contributed by atoms with van der Waals surface area (Å²) in [6.45, 7) is 1.41. The Hall–Kier alpha value is -4.06. The molecule has 52 heavy (non-hydrogen) atoms. The monoisotopic (exact) mass is 724 g/mol. The van der Waals surface area contributed by atoms with Gasteiger partial charge in [-0.05, 0) is 86.2 Å². The zero-order valence-corrected chi connectivity index (χ0v) is 30.7. The van der Waals surface area contributed by atoms with Gasteiger partial charge in [-0.25, -0.2) is 4.39 Å². The van der Waals surface area contributed by atoms with E-state index in [1.54, 1.807) is 19.2 Å². The van der Waals surface area contributed by atoms with Crippen LogP contribution in [0.15, 0.2) is 60.7 Å². The predicted octanol–water partition coefficient (Wildman–Crippen LogP) is 6.43. The summed E-state index contributed by atoms with van der Waals surface area (Å²) >= 11 is 0. The minimum Gasteiger partial charge on any atom is -0.497 e. The first-order valence-electron chi connectivity index (χ1n) is 18.7. The quantitative estimate of drug-likeness (QED) is 0.228. The number of carbonyl (C=O) groups is 2. The molecule has 2 amide bonds. The van der Waals surface area contributed by atoms with Crippen LogP contribution in [0.3, 0.4) is 0 Å². The summed E-state index contributed by atoms with van der Waals surface area (Å²) in [5.41, 5.74) is 5.37. The van der Waals surface area contributed by atoms with Gasteiger partial charge in [0.05, 0.1) is 41.6 Å². The molecule has 9 nitrogen and oxygen atoms in total. The number of fused-ring (bicyclic) bond motifs is 7. The highest BCUT2D eigenvalue weighted by Gasteiger charge is 2.83. The molecule has 3 aliphatic carbocycles. The smallest absolute Gasteiger partial charge is 0.268 e. The fraction of sp³-hybridized carbons (Fsp3) is 0.463. The number of halogens is 1. The Balaban J connectivity index is 1.10. The summed E-state index contributed by atoms with van der Waals surface area (Å²) in [4.78, 5) is 33.4. The van der Waals surface area contributed by atoms with Crippen molar-refractivity contribution >= 4 is 32.2 Å². The SMILES string of the molecule is COc1ccc2c(c1)C1CC1(C(=O)N1C3CN(C)C34CC14)Cn1c-2c(C2CCCCC2)c2ccc(C(=O)NS(C)(=O)(O)Cc3ccccc3F)cc21. The van der Waals surface area contributed by atoms with Gasteiger partial charge in [-0.3, -0.25) is 23.8 Å². The molecule has 5 unspecified atom stereocenters. The fourth-order valence-corrected chi connectivity index (χ4v) is 12.5. The van der Waals surface area contributed by atoms with E-state index in [2.05, 4.69) is 38.3 Å². The normalized spacial score (nSPS) is 29.4. The standard InChI is InChI=1S/C41H45FN4O5S/c1-44-21-35-41(44)20-34(41)46(35)39(48)40-19-31(40)30-18-27(51-2)14-16-28(30)37-36(24-9-5-4-6-10-24)29-15-13-25(17-33(29)45(37)23-40)38(47)43-52(3,49,50)22-26-11-7-8-12-32(26)42/h7-8,11-18,24,31,34-35H,4-6,9-10,19-23H2,1-3H3,(H2,43,47,49,50). The van der Waals surface area contributed by atoms with E-state index in [1.165, 1.54) is 30.2 Å². The number of hydrogen-bond donors (Lipinski definition) is 2. The van der Waals surface area contributed by atoms with Gasteiger partial charge < -0.3 is 14.2 Å². The lowest BCUT2D eigenvalue weighted by molar-refractivity contribution is -0.169. The Morgan fingerprint density at radius 3 is 2.54 bits per heavy atom. The predicted molar refractivity (Wildman–Crippen MR) is 198 cm³/mol. The zero-order valence-electron chi connectivity index (χ0n) is 29.9. The van der Waals surface area contributed by atoms with Crippen LogP contribution < -0.4 is 9.46 Å². The van der Waals surface area contributed by atoms with E-state index < -0.39 is 32.4 Å². The van der Waals surface area contributed by atoms with Crippen LogP contribution >= 0.6 is 0 Å². The zero-order chi connectivity index (χ0) is 36.0. The molecule has 3 aliphatic heterocycles. The molecule has 4 aromatic rings. The van der Waals surface area contributed by atoms with E-state index in [1.807, 2.05) is 18.2 Å². The highest BCUT2D eigenvalue weighted by molar-refractivity contribution is 8.12. The molecule has 1 spiro atoms. The summed E-state index contributed by atoms with van der Waals surface area (Å²) in [7, 11) is -0.970. The van der Waals surface area contributed by atoms with Crippen molar-refractivity contribution in [3.63, 3.8) is 0 Å². The highest BCUT2D eigenvalue weighted by Crippen LogP contribution is 2.71. The van der Waals surface area contributed by atoms with Crippen LogP contribution in [0.2, 0.25) is 0 Å². The second-order valence-electron chi connectivity index (χ2n) is 16.8. The van der Waals surface area contributed by atoms with E-state index in [0.717, 1.165) is 84.8 Å². The van der Waals surface area contributed by atoms with Gasteiger partial charge in [0.2, 0.25) is 5.91 Å². The van der Waals surface area contributed by atoms with Gasteiger partial charge in [0.1, 0.15) is 11.6 Å². The number of carbonyl (C=O) groups excluding carboxylic acids is 2. The van der Waals surface area contributed by atoms with Gasteiger partial charge in [-0.2, -0.15) is 4.21 Å². The summed E-state index contributed by atoms with van der Waals surface area (Å²) in [6, 6.07) is 18.2. The first-order valence-corrected chi connectivity index (χ1v) is 21.2. The summed E-state index contributed by atoms with van der Waals surface area (Å²) in [5.74, 6) is -0.460. The number of amides is 2. The molecule has 3 saturated carbocycles. The lowest BCUT2D eigenvalue weighted by atomic mass is 9.81. The van der Waals surface area contributed by atoms with Crippen LogP contribution in [0, 0.1) is 11.2 Å². The second kappa shape index (κ2) is 10.5. The van der Waals surface area contributed by atoms with Crippen LogP contribution in [0.4, 0.5) is 4.39 Å². The highest BCUT2D eigenvalue weighted by atomic mass is 32.3. The number of nitrogens with one attached hydrogen (secondary N) is 1. The molecule has 11 heteroatoms. The molecule has 5 atom stereocenters. The van der Waals surface area contributed by atoms with Gasteiger partial charge >= 0.3 is 0 Å². The lowest BCUT2D eigenvalue weighted by Gasteiger charge is -2.61. The molecule has 2 saturated heterocycles. The molecule has 272 valence electrons. The van der Waals surface area contributed by atoms with Gasteiger partial charge in [-0.1, -0.05) is 43.5 Å². The third-order valence-corrected chi connectivity index (χ3v) is 15.3. The van der Waals surface area contributed by atoms with Gasteiger partial charge in [-0.15, -0.1) is 9.53 Å². The van der Waals surface area contributed by atoms with E-state index >= 15 is 0 Å². The molecule has 3 aromatic carbocycles. The molecular formula is C41H45FN4O5S. The maximum atomic E-state index is 14.9. The van der Waals surface area contributed by atoms with E-state index in [4.69, 9.17) is 4.74 Å². The number of nitrogens with zero attached hydrogens (tertiary/aromatic N) is 3. The van der Waals surface area contributed by atoms with Crippen LogP contribution in [0.1, 0.15) is 83.8 Å². The number of hydrogen-bond acceptors (Lipinski definition) is 5. The lowest BCUT2D eigenvalue weighted by Crippen LogP contribution is -2.79. The Labute approximate surface area is 302 Å². The molecule has 1 aromatic heterocycles. The number of ether oxygens (including phenoxy) is 1. The Bertz CT molecular complexity index is 2310. The van der Waals surface area contributed by atoms with Gasteiger partial charge in [0.15, 0.2) is 0 Å². The first-order chi connectivity index (χ1) is 24.8. The Kier molecular flexibility index (Phi) is 6.60. The molecule has 10 rings (SSSR count). The molecular weight excluding hydrogens is 680 g/mol. The number of likely N-dealkylation sites (tertiary alicyclic amines) is 2. The van der Waals surface area contributed by atoms with Crippen molar-refractivity contribution in [2.45, 2.75) is 86.7 Å². The van der Waals surface area contributed by atoms with Crippen molar-refractivity contribution in [2.75, 3.05) is 27.0 Å². The van der Waals surface area contributed by atoms with E-state index in [-0.39, 0.29) is 34.5 Å². The van der Waals surface area contributed by atoms with E-state index in [0.29, 0.717) is 18.5 Å².